The normalized spacial score (nSPS) is 14.8. The van der Waals surface area contributed by atoms with E-state index in [0.29, 0.717) is 17.3 Å². The van der Waals surface area contributed by atoms with Crippen LogP contribution in [-0.2, 0) is 0 Å². The van der Waals surface area contributed by atoms with Crippen LogP contribution in [0.3, 0.4) is 0 Å². The molecular weight excluding hydrogens is 490 g/mol. The number of rotatable bonds is 7. The minimum absolute atomic E-state index is 0.314. The van der Waals surface area contributed by atoms with E-state index in [1.54, 1.807) is 12.2 Å². The highest BCUT2D eigenvalue weighted by atomic mass is 15.2. The number of aliphatic imine (C=N–C) groups is 2. The predicted molar refractivity (Wildman–Crippen MR) is 165 cm³/mol. The highest BCUT2D eigenvalue weighted by Crippen LogP contribution is 2.31. The maximum absolute atomic E-state index is 9.17. The fourth-order valence-electron chi connectivity index (χ4n) is 4.85. The van der Waals surface area contributed by atoms with Crippen molar-refractivity contribution in [2.75, 3.05) is 0 Å². The Morgan fingerprint density at radius 1 is 0.625 bits per heavy atom. The average molecular weight is 518 g/mol. The molecule has 5 aromatic rings. The van der Waals surface area contributed by atoms with Crippen molar-refractivity contribution in [2.24, 2.45) is 9.98 Å². The number of hydrogen-bond donors (Lipinski definition) is 3. The zero-order chi connectivity index (χ0) is 27.3. The second kappa shape index (κ2) is 11.1. The average Bonchev–Trinajstić information content (AvgIpc) is 3.04. The fourth-order valence-corrected chi connectivity index (χ4v) is 4.85. The number of benzene rings is 5. The molecule has 5 heteroatoms. The van der Waals surface area contributed by atoms with Crippen LogP contribution in [-0.4, -0.2) is 23.1 Å². The lowest BCUT2D eigenvalue weighted by Gasteiger charge is -2.26. The van der Waals surface area contributed by atoms with Crippen LogP contribution >= 0.6 is 0 Å². The van der Waals surface area contributed by atoms with E-state index in [-0.39, 0.29) is 0 Å². The summed E-state index contributed by atoms with van der Waals surface area (Å²) >= 11 is 0. The molecule has 0 spiro atoms. The zero-order valence-corrected chi connectivity index (χ0v) is 21.8. The van der Waals surface area contributed by atoms with Crippen molar-refractivity contribution in [1.29, 1.82) is 10.8 Å². The number of allylic oxidation sites excluding steroid dienone is 2. The van der Waals surface area contributed by atoms with Gasteiger partial charge in [0.05, 0.1) is 11.4 Å². The molecule has 3 N–H and O–H groups in total. The van der Waals surface area contributed by atoms with Crippen LogP contribution in [0.5, 0.6) is 0 Å². The first-order valence-electron chi connectivity index (χ1n) is 13.1. The summed E-state index contributed by atoms with van der Waals surface area (Å²) in [4.78, 5) is 9.93. The van der Waals surface area contributed by atoms with E-state index < -0.39 is 6.17 Å². The van der Waals surface area contributed by atoms with Crippen LogP contribution in [0.25, 0.3) is 10.8 Å². The minimum atomic E-state index is -0.468. The molecule has 0 aromatic heterocycles. The first-order chi connectivity index (χ1) is 19.7. The van der Waals surface area contributed by atoms with Crippen molar-refractivity contribution in [3.63, 3.8) is 0 Å². The number of nitrogens with zero attached hydrogens (tertiary/aromatic N) is 2. The van der Waals surface area contributed by atoms with Gasteiger partial charge < -0.3 is 16.1 Å². The topological polar surface area (TPSA) is 84.5 Å². The Hall–Kier alpha value is -5.42. The second-order valence-corrected chi connectivity index (χ2v) is 9.47. The Balaban J connectivity index is 1.46. The molecule has 1 aliphatic rings. The van der Waals surface area contributed by atoms with E-state index in [1.165, 1.54) is 0 Å². The minimum Gasteiger partial charge on any atom is -0.344 e. The Morgan fingerprint density at radius 3 is 1.95 bits per heavy atom. The van der Waals surface area contributed by atoms with Gasteiger partial charge in [0.1, 0.15) is 12.0 Å². The van der Waals surface area contributed by atoms with Gasteiger partial charge in [-0.15, -0.1) is 0 Å². The summed E-state index contributed by atoms with van der Waals surface area (Å²) in [6.45, 7) is 0. The van der Waals surface area contributed by atoms with Crippen molar-refractivity contribution in [3.05, 3.63) is 167 Å². The van der Waals surface area contributed by atoms with Gasteiger partial charge in [0.25, 0.3) is 0 Å². The van der Waals surface area contributed by atoms with E-state index in [2.05, 4.69) is 17.4 Å². The second-order valence-electron chi connectivity index (χ2n) is 9.47. The van der Waals surface area contributed by atoms with Gasteiger partial charge in [-0.2, -0.15) is 0 Å². The monoisotopic (exact) mass is 517 g/mol. The molecule has 6 rings (SSSR count). The molecule has 0 aliphatic carbocycles. The van der Waals surface area contributed by atoms with E-state index in [9.17, 15) is 0 Å². The highest BCUT2D eigenvalue weighted by Gasteiger charge is 2.25. The number of amidine groups is 2. The smallest absolute Gasteiger partial charge is 0.159 e. The van der Waals surface area contributed by atoms with Gasteiger partial charge in [-0.1, -0.05) is 127 Å². The van der Waals surface area contributed by atoms with E-state index >= 15 is 0 Å². The molecule has 1 heterocycles. The molecule has 0 bridgehead atoms. The molecule has 0 saturated heterocycles. The molecule has 5 aromatic carbocycles. The van der Waals surface area contributed by atoms with Crippen molar-refractivity contribution in [1.82, 2.24) is 5.32 Å². The van der Waals surface area contributed by atoms with Gasteiger partial charge in [0.15, 0.2) is 5.84 Å². The molecule has 40 heavy (non-hydrogen) atoms. The Bertz CT molecular complexity index is 1790. The maximum atomic E-state index is 9.17. The molecule has 192 valence electrons. The van der Waals surface area contributed by atoms with E-state index in [1.807, 2.05) is 115 Å². The van der Waals surface area contributed by atoms with Gasteiger partial charge in [-0.3, -0.25) is 0 Å². The summed E-state index contributed by atoms with van der Waals surface area (Å²) in [5.74, 6) is 1.36. The summed E-state index contributed by atoms with van der Waals surface area (Å²) in [6.07, 6.45) is 2.93. The third-order valence-corrected chi connectivity index (χ3v) is 6.85. The molecule has 1 aliphatic heterocycles. The largest absolute Gasteiger partial charge is 0.344 e. The third-order valence-electron chi connectivity index (χ3n) is 6.85. The molecule has 1 atom stereocenters. The summed E-state index contributed by atoms with van der Waals surface area (Å²) in [5.41, 5.74) is 5.01. The van der Waals surface area contributed by atoms with Gasteiger partial charge in [0.2, 0.25) is 0 Å². The molecule has 0 saturated carbocycles. The van der Waals surface area contributed by atoms with Crippen LogP contribution in [0.1, 0.15) is 34.0 Å². The first kappa shape index (κ1) is 24.9. The van der Waals surface area contributed by atoms with E-state index in [0.717, 1.165) is 44.4 Å². The van der Waals surface area contributed by atoms with Crippen LogP contribution in [0.2, 0.25) is 0 Å². The molecule has 0 fully saturated rings. The SMILES string of the molecule is N=C(/C=C\C(=N)c1c(C2N=C(c3ccccc3)N=C(c3ccccc3)N2)ccc2ccccc12)c1ccccc1. The van der Waals surface area contributed by atoms with Gasteiger partial charge >= 0.3 is 0 Å². The Labute approximate surface area is 233 Å². The molecule has 0 radical (unpaired) electrons. The summed E-state index contributed by atoms with van der Waals surface area (Å²) < 4.78 is 0. The highest BCUT2D eigenvalue weighted by molar-refractivity contribution is 6.19. The molecule has 1 unspecified atom stereocenters. The van der Waals surface area contributed by atoms with Gasteiger partial charge in [0, 0.05) is 22.3 Å². The van der Waals surface area contributed by atoms with E-state index in [4.69, 9.17) is 20.8 Å². The van der Waals surface area contributed by atoms with Crippen LogP contribution in [0, 0.1) is 10.8 Å². The lowest BCUT2D eigenvalue weighted by molar-refractivity contribution is 0.674. The summed E-state index contributed by atoms with van der Waals surface area (Å²) in [7, 11) is 0. The Kier molecular flexibility index (Phi) is 6.93. The lowest BCUT2D eigenvalue weighted by Crippen LogP contribution is -2.34. The molecule has 0 amide bonds. The van der Waals surface area contributed by atoms with Crippen LogP contribution in [0.15, 0.2) is 150 Å². The Morgan fingerprint density at radius 2 is 1.23 bits per heavy atom. The van der Waals surface area contributed by atoms with Crippen molar-refractivity contribution >= 4 is 33.9 Å². The van der Waals surface area contributed by atoms with Crippen LogP contribution < -0.4 is 5.32 Å². The molecular formula is C35H27N5. The maximum Gasteiger partial charge on any atom is 0.159 e. The van der Waals surface area contributed by atoms with Gasteiger partial charge in [-0.25, -0.2) is 9.98 Å². The number of fused-ring (bicyclic) bond motifs is 1. The third kappa shape index (κ3) is 5.13. The quantitative estimate of drug-likeness (QED) is 0.194. The first-order valence-corrected chi connectivity index (χ1v) is 13.1. The van der Waals surface area contributed by atoms with Crippen LogP contribution in [0.4, 0.5) is 0 Å². The standard InChI is InChI=1S/C35H27N5/c36-30(25-13-4-1-5-14-25)22-23-31(37)32-28-19-11-10-12-24(28)20-21-29(32)35-39-33(26-15-6-2-7-16-26)38-34(40-35)27-17-8-3-9-18-27/h1-23,35-37H,(H,38,39,40)/b23-22-,36-30?,37-31?. The lowest BCUT2D eigenvalue weighted by atomic mass is 9.93. The number of hydrogen-bond acceptors (Lipinski definition) is 5. The van der Waals surface area contributed by atoms with Crippen molar-refractivity contribution < 1.29 is 0 Å². The van der Waals surface area contributed by atoms with Crippen molar-refractivity contribution in [2.45, 2.75) is 6.17 Å². The fraction of sp³-hybridized carbons (Fsp3) is 0.0286. The van der Waals surface area contributed by atoms with Gasteiger partial charge in [-0.05, 0) is 28.5 Å². The summed E-state index contributed by atoms with van der Waals surface area (Å²) in [6, 6.07) is 41.7. The predicted octanol–water partition coefficient (Wildman–Crippen LogP) is 7.33. The summed E-state index contributed by atoms with van der Waals surface area (Å²) in [5, 5.41) is 23.2. The van der Waals surface area contributed by atoms with Crippen molar-refractivity contribution in [3.8, 4) is 0 Å². The number of nitrogens with one attached hydrogen (secondary N) is 3. The molecule has 5 nitrogen and oxygen atoms in total. The zero-order valence-electron chi connectivity index (χ0n) is 21.8.